The van der Waals surface area contributed by atoms with E-state index in [0.29, 0.717) is 5.92 Å². The van der Waals surface area contributed by atoms with Crippen LogP contribution in [0.4, 0.5) is 0 Å². The van der Waals surface area contributed by atoms with E-state index in [2.05, 4.69) is 10.6 Å². The molecule has 2 fully saturated rings. The fourth-order valence-electron chi connectivity index (χ4n) is 2.67. The molecule has 1 unspecified atom stereocenters. The predicted molar refractivity (Wildman–Crippen MR) is 80.8 cm³/mol. The number of likely N-dealkylation sites (tertiary alicyclic amines) is 1. The lowest BCUT2D eigenvalue weighted by Gasteiger charge is -2.33. The maximum atomic E-state index is 12.2. The molecule has 2 atom stereocenters. The molecule has 0 aliphatic carbocycles. The van der Waals surface area contributed by atoms with Gasteiger partial charge in [-0.05, 0) is 45.2 Å². The van der Waals surface area contributed by atoms with E-state index < -0.39 is 6.04 Å². The van der Waals surface area contributed by atoms with E-state index >= 15 is 0 Å². The Morgan fingerprint density at radius 1 is 1.15 bits per heavy atom. The van der Waals surface area contributed by atoms with Crippen molar-refractivity contribution in [3.05, 3.63) is 0 Å². The first-order valence-corrected chi connectivity index (χ1v) is 7.39. The minimum absolute atomic E-state index is 0. The molecule has 2 heterocycles. The lowest BCUT2D eigenvalue weighted by Crippen LogP contribution is -2.53. The number of hydrogen-bond acceptors (Lipinski definition) is 3. The van der Waals surface area contributed by atoms with Crippen LogP contribution in [0.15, 0.2) is 0 Å². The van der Waals surface area contributed by atoms with Crippen LogP contribution in [-0.4, -0.2) is 48.9 Å². The summed E-state index contributed by atoms with van der Waals surface area (Å²) in [5.41, 5.74) is 0. The molecule has 116 valence electrons. The minimum atomic E-state index is -0.402. The van der Waals surface area contributed by atoms with Crippen molar-refractivity contribution < 1.29 is 9.59 Å². The zero-order valence-corrected chi connectivity index (χ0v) is 13.2. The molecule has 0 radical (unpaired) electrons. The lowest BCUT2D eigenvalue weighted by atomic mass is 9.88. The molecule has 0 saturated carbocycles. The standard InChI is InChI=1S/C14H25N3O2.ClH/c1-10(12-8-15-9-12)13(18)16-11(2)14(19)17-6-4-3-5-7-17;/h10-12,15H,3-9H2,1-2H3,(H,16,18);1H/t10?,11-;/m0./s1. The molecule has 2 saturated heterocycles. The molecule has 2 aliphatic rings. The Morgan fingerprint density at radius 2 is 1.75 bits per heavy atom. The number of nitrogens with zero attached hydrogens (tertiary/aromatic N) is 1. The summed E-state index contributed by atoms with van der Waals surface area (Å²) in [6, 6.07) is -0.402. The molecule has 0 spiro atoms. The first kappa shape index (κ1) is 17.2. The molecule has 6 heteroatoms. The van der Waals surface area contributed by atoms with Crippen molar-refractivity contribution in [3.63, 3.8) is 0 Å². The van der Waals surface area contributed by atoms with Crippen molar-refractivity contribution in [2.24, 2.45) is 11.8 Å². The normalized spacial score (nSPS) is 22.2. The number of halogens is 1. The van der Waals surface area contributed by atoms with Gasteiger partial charge in [-0.25, -0.2) is 0 Å². The van der Waals surface area contributed by atoms with Crippen molar-refractivity contribution in [3.8, 4) is 0 Å². The van der Waals surface area contributed by atoms with E-state index in [4.69, 9.17) is 0 Å². The third-order valence-electron chi connectivity index (χ3n) is 4.33. The van der Waals surface area contributed by atoms with Crippen molar-refractivity contribution in [1.29, 1.82) is 0 Å². The van der Waals surface area contributed by atoms with Crippen LogP contribution >= 0.6 is 12.4 Å². The summed E-state index contributed by atoms with van der Waals surface area (Å²) < 4.78 is 0. The van der Waals surface area contributed by atoms with Crippen LogP contribution < -0.4 is 10.6 Å². The van der Waals surface area contributed by atoms with Gasteiger partial charge in [0.1, 0.15) is 6.04 Å². The van der Waals surface area contributed by atoms with Crippen LogP contribution in [-0.2, 0) is 9.59 Å². The number of amides is 2. The zero-order valence-electron chi connectivity index (χ0n) is 12.4. The summed E-state index contributed by atoms with van der Waals surface area (Å²) in [5, 5.41) is 6.04. The van der Waals surface area contributed by atoms with Gasteiger partial charge < -0.3 is 15.5 Å². The molecule has 2 N–H and O–H groups in total. The van der Waals surface area contributed by atoms with Gasteiger partial charge in [-0.1, -0.05) is 6.92 Å². The number of rotatable bonds is 4. The zero-order chi connectivity index (χ0) is 13.8. The van der Waals surface area contributed by atoms with Crippen LogP contribution in [0.1, 0.15) is 33.1 Å². The van der Waals surface area contributed by atoms with Crippen molar-refractivity contribution in [2.45, 2.75) is 39.2 Å². The third-order valence-corrected chi connectivity index (χ3v) is 4.33. The van der Waals surface area contributed by atoms with Crippen molar-refractivity contribution in [2.75, 3.05) is 26.2 Å². The molecule has 20 heavy (non-hydrogen) atoms. The first-order chi connectivity index (χ1) is 9.09. The molecular formula is C14H26ClN3O2. The number of piperidine rings is 1. The highest BCUT2D eigenvalue weighted by molar-refractivity contribution is 5.88. The fourth-order valence-corrected chi connectivity index (χ4v) is 2.67. The Labute approximate surface area is 127 Å². The highest BCUT2D eigenvalue weighted by Crippen LogP contribution is 2.16. The van der Waals surface area contributed by atoms with E-state index in [1.165, 1.54) is 6.42 Å². The second kappa shape index (κ2) is 7.84. The Balaban J connectivity index is 0.00000200. The SMILES string of the molecule is CC(C(=O)N[C@@H](C)C(=O)N1CCCCC1)C1CNC1.Cl. The Hall–Kier alpha value is -0.810. The maximum absolute atomic E-state index is 12.2. The van der Waals surface area contributed by atoms with Gasteiger partial charge in [-0.2, -0.15) is 0 Å². The molecule has 5 nitrogen and oxygen atoms in total. The molecule has 0 aromatic heterocycles. The van der Waals surface area contributed by atoms with Crippen LogP contribution in [0.2, 0.25) is 0 Å². The summed E-state index contributed by atoms with van der Waals surface area (Å²) in [5.74, 6) is 0.464. The topological polar surface area (TPSA) is 61.4 Å². The quantitative estimate of drug-likeness (QED) is 0.807. The summed E-state index contributed by atoms with van der Waals surface area (Å²) in [6.45, 7) is 7.22. The predicted octanol–water partition coefficient (Wildman–Crippen LogP) is 0.781. The van der Waals surface area contributed by atoms with Gasteiger partial charge >= 0.3 is 0 Å². The highest BCUT2D eigenvalue weighted by Gasteiger charge is 2.31. The van der Waals surface area contributed by atoms with E-state index in [0.717, 1.165) is 39.0 Å². The van der Waals surface area contributed by atoms with E-state index in [9.17, 15) is 9.59 Å². The van der Waals surface area contributed by atoms with Crippen LogP contribution in [0.25, 0.3) is 0 Å². The minimum Gasteiger partial charge on any atom is -0.344 e. The van der Waals surface area contributed by atoms with Crippen LogP contribution in [0.5, 0.6) is 0 Å². The molecular weight excluding hydrogens is 278 g/mol. The number of hydrogen-bond donors (Lipinski definition) is 2. The molecule has 2 rings (SSSR count). The second-order valence-corrected chi connectivity index (χ2v) is 5.82. The second-order valence-electron chi connectivity index (χ2n) is 5.82. The van der Waals surface area contributed by atoms with Crippen LogP contribution in [0, 0.1) is 11.8 Å². The van der Waals surface area contributed by atoms with Crippen LogP contribution in [0.3, 0.4) is 0 Å². The maximum Gasteiger partial charge on any atom is 0.244 e. The monoisotopic (exact) mass is 303 g/mol. The summed E-state index contributed by atoms with van der Waals surface area (Å²) in [7, 11) is 0. The van der Waals surface area contributed by atoms with E-state index in [1.807, 2.05) is 11.8 Å². The Bertz CT molecular complexity index is 341. The third kappa shape index (κ3) is 4.09. The number of nitrogens with one attached hydrogen (secondary N) is 2. The van der Waals surface area contributed by atoms with Gasteiger partial charge in [0.2, 0.25) is 11.8 Å². The van der Waals surface area contributed by atoms with Gasteiger partial charge in [0, 0.05) is 19.0 Å². The van der Waals surface area contributed by atoms with Gasteiger partial charge in [0.15, 0.2) is 0 Å². The van der Waals surface area contributed by atoms with Crippen molar-refractivity contribution in [1.82, 2.24) is 15.5 Å². The summed E-state index contributed by atoms with van der Waals surface area (Å²) in [6.07, 6.45) is 3.36. The first-order valence-electron chi connectivity index (χ1n) is 7.39. The molecule has 2 aliphatic heterocycles. The van der Waals surface area contributed by atoms with Crippen molar-refractivity contribution >= 4 is 24.2 Å². The molecule has 0 aromatic rings. The van der Waals surface area contributed by atoms with Gasteiger partial charge in [-0.3, -0.25) is 9.59 Å². The smallest absolute Gasteiger partial charge is 0.244 e. The molecule has 2 amide bonds. The Morgan fingerprint density at radius 3 is 2.25 bits per heavy atom. The van der Waals surface area contributed by atoms with E-state index in [-0.39, 0.29) is 30.1 Å². The average molecular weight is 304 g/mol. The largest absolute Gasteiger partial charge is 0.344 e. The Kier molecular flexibility index (Phi) is 6.76. The lowest BCUT2D eigenvalue weighted by molar-refractivity contribution is -0.138. The highest BCUT2D eigenvalue weighted by atomic mass is 35.5. The average Bonchev–Trinajstić information content (AvgIpc) is 2.36. The number of carbonyl (C=O) groups excluding carboxylic acids is 2. The van der Waals surface area contributed by atoms with Gasteiger partial charge in [0.05, 0.1) is 0 Å². The number of carbonyl (C=O) groups is 2. The molecule has 0 bridgehead atoms. The van der Waals surface area contributed by atoms with Gasteiger partial charge in [0.25, 0.3) is 0 Å². The summed E-state index contributed by atoms with van der Waals surface area (Å²) in [4.78, 5) is 26.2. The van der Waals surface area contributed by atoms with Gasteiger partial charge in [-0.15, -0.1) is 12.4 Å². The molecule has 0 aromatic carbocycles. The fraction of sp³-hybridized carbons (Fsp3) is 0.857. The van der Waals surface area contributed by atoms with E-state index in [1.54, 1.807) is 6.92 Å². The summed E-state index contributed by atoms with van der Waals surface area (Å²) >= 11 is 0.